The molecule has 1 aromatic rings. The normalized spacial score (nSPS) is 9.13. The van der Waals surface area contributed by atoms with Gasteiger partial charge in [-0.05, 0) is 30.5 Å². The minimum atomic E-state index is -0.212. The van der Waals surface area contributed by atoms with Crippen LogP contribution in [-0.2, 0) is 6.42 Å². The molecule has 0 saturated heterocycles. The molecule has 0 atom stereocenters. The molecule has 0 unspecified atom stereocenters. The first-order valence-corrected chi connectivity index (χ1v) is 4.51. The van der Waals surface area contributed by atoms with Crippen molar-refractivity contribution in [1.29, 1.82) is 5.41 Å². The second-order valence-electron chi connectivity index (χ2n) is 3.07. The van der Waals surface area contributed by atoms with Crippen molar-refractivity contribution in [2.75, 3.05) is 6.54 Å². The SMILES string of the molecule is Cl.N=C(N)NCCCc1ccc(F)cc1. The van der Waals surface area contributed by atoms with E-state index in [0.29, 0.717) is 6.54 Å². The van der Waals surface area contributed by atoms with Gasteiger partial charge in [0.05, 0.1) is 0 Å². The molecule has 0 amide bonds. The summed E-state index contributed by atoms with van der Waals surface area (Å²) in [6.45, 7) is 0.673. The van der Waals surface area contributed by atoms with E-state index in [0.717, 1.165) is 18.4 Å². The summed E-state index contributed by atoms with van der Waals surface area (Å²) in [4.78, 5) is 0. The second kappa shape index (κ2) is 7.06. The standard InChI is InChI=1S/C10H14FN3.ClH/c11-9-5-3-8(4-6-9)2-1-7-14-10(12)13;/h3-6H,1-2,7H2,(H4,12,13,14);1H. The van der Waals surface area contributed by atoms with Gasteiger partial charge in [-0.2, -0.15) is 0 Å². The number of guanidine groups is 1. The third-order valence-corrected chi connectivity index (χ3v) is 1.87. The molecule has 0 aromatic heterocycles. The first-order valence-electron chi connectivity index (χ1n) is 4.51. The number of nitrogens with one attached hydrogen (secondary N) is 2. The van der Waals surface area contributed by atoms with Crippen molar-refractivity contribution in [3.63, 3.8) is 0 Å². The molecule has 0 aliphatic carbocycles. The van der Waals surface area contributed by atoms with Crippen LogP contribution in [0.5, 0.6) is 0 Å². The molecule has 84 valence electrons. The minimum Gasteiger partial charge on any atom is -0.370 e. The van der Waals surface area contributed by atoms with Gasteiger partial charge in [0.15, 0.2) is 5.96 Å². The molecule has 0 bridgehead atoms. The van der Waals surface area contributed by atoms with Crippen LogP contribution in [0.2, 0.25) is 0 Å². The van der Waals surface area contributed by atoms with E-state index in [9.17, 15) is 4.39 Å². The van der Waals surface area contributed by atoms with Crippen molar-refractivity contribution >= 4 is 18.4 Å². The highest BCUT2D eigenvalue weighted by Crippen LogP contribution is 2.04. The lowest BCUT2D eigenvalue weighted by molar-refractivity contribution is 0.626. The van der Waals surface area contributed by atoms with Crippen LogP contribution < -0.4 is 11.1 Å². The lowest BCUT2D eigenvalue weighted by atomic mass is 10.1. The highest BCUT2D eigenvalue weighted by molar-refractivity contribution is 5.85. The molecular weight excluding hydrogens is 217 g/mol. The van der Waals surface area contributed by atoms with E-state index in [-0.39, 0.29) is 24.2 Å². The largest absolute Gasteiger partial charge is 0.370 e. The Kier molecular flexibility index (Phi) is 6.45. The van der Waals surface area contributed by atoms with Crippen molar-refractivity contribution in [2.45, 2.75) is 12.8 Å². The van der Waals surface area contributed by atoms with Crippen LogP contribution in [0.4, 0.5) is 4.39 Å². The van der Waals surface area contributed by atoms with Crippen LogP contribution in [-0.4, -0.2) is 12.5 Å². The molecule has 0 fully saturated rings. The van der Waals surface area contributed by atoms with Gasteiger partial charge in [-0.15, -0.1) is 12.4 Å². The van der Waals surface area contributed by atoms with Crippen LogP contribution in [0.25, 0.3) is 0 Å². The van der Waals surface area contributed by atoms with Crippen LogP contribution in [0.3, 0.4) is 0 Å². The molecular formula is C10H15ClFN3. The molecule has 1 rings (SSSR count). The minimum absolute atomic E-state index is 0. The topological polar surface area (TPSA) is 61.9 Å². The lowest BCUT2D eigenvalue weighted by Crippen LogP contribution is -2.31. The molecule has 1 aromatic carbocycles. The average molecular weight is 232 g/mol. The van der Waals surface area contributed by atoms with Gasteiger partial charge < -0.3 is 11.1 Å². The highest BCUT2D eigenvalue weighted by atomic mass is 35.5. The van der Waals surface area contributed by atoms with Crippen LogP contribution >= 0.6 is 12.4 Å². The summed E-state index contributed by atoms with van der Waals surface area (Å²) in [5.41, 5.74) is 6.21. The zero-order valence-corrected chi connectivity index (χ0v) is 9.11. The highest BCUT2D eigenvalue weighted by Gasteiger charge is 1.94. The van der Waals surface area contributed by atoms with Crippen molar-refractivity contribution in [1.82, 2.24) is 5.32 Å². The van der Waals surface area contributed by atoms with Crippen molar-refractivity contribution in [2.24, 2.45) is 5.73 Å². The summed E-state index contributed by atoms with van der Waals surface area (Å²) in [5, 5.41) is 9.64. The van der Waals surface area contributed by atoms with Gasteiger partial charge in [0.1, 0.15) is 5.82 Å². The fraction of sp³-hybridized carbons (Fsp3) is 0.300. The van der Waals surface area contributed by atoms with Gasteiger partial charge in [0, 0.05) is 6.54 Å². The smallest absolute Gasteiger partial charge is 0.185 e. The lowest BCUT2D eigenvalue weighted by Gasteiger charge is -2.03. The third kappa shape index (κ3) is 5.91. The molecule has 5 heteroatoms. The van der Waals surface area contributed by atoms with E-state index >= 15 is 0 Å². The Bertz CT molecular complexity index is 300. The number of halogens is 2. The van der Waals surface area contributed by atoms with Gasteiger partial charge >= 0.3 is 0 Å². The van der Waals surface area contributed by atoms with E-state index in [4.69, 9.17) is 11.1 Å². The number of hydrogen-bond acceptors (Lipinski definition) is 1. The van der Waals surface area contributed by atoms with Crippen molar-refractivity contribution in [3.05, 3.63) is 35.6 Å². The number of rotatable bonds is 4. The first-order chi connectivity index (χ1) is 6.68. The summed E-state index contributed by atoms with van der Waals surface area (Å²) in [5.74, 6) is -0.222. The van der Waals surface area contributed by atoms with Crippen molar-refractivity contribution in [3.8, 4) is 0 Å². The summed E-state index contributed by atoms with van der Waals surface area (Å²) >= 11 is 0. The Labute approximate surface area is 94.8 Å². The maximum Gasteiger partial charge on any atom is 0.185 e. The zero-order valence-electron chi connectivity index (χ0n) is 8.29. The Balaban J connectivity index is 0.00000196. The zero-order chi connectivity index (χ0) is 10.4. The number of benzene rings is 1. The predicted molar refractivity (Wildman–Crippen MR) is 61.9 cm³/mol. The fourth-order valence-electron chi connectivity index (χ4n) is 1.17. The van der Waals surface area contributed by atoms with E-state index in [1.807, 2.05) is 0 Å². The Morgan fingerprint density at radius 2 is 1.93 bits per heavy atom. The molecule has 0 radical (unpaired) electrons. The second-order valence-corrected chi connectivity index (χ2v) is 3.07. The van der Waals surface area contributed by atoms with E-state index < -0.39 is 0 Å². The molecule has 0 saturated carbocycles. The van der Waals surface area contributed by atoms with E-state index in [2.05, 4.69) is 5.32 Å². The van der Waals surface area contributed by atoms with Gasteiger partial charge in [-0.3, -0.25) is 5.41 Å². The molecule has 15 heavy (non-hydrogen) atoms. The number of aryl methyl sites for hydroxylation is 1. The Morgan fingerprint density at radius 1 is 1.33 bits per heavy atom. The molecule has 0 aliphatic heterocycles. The average Bonchev–Trinajstić information content (AvgIpc) is 2.15. The molecule has 0 aliphatic rings. The molecule has 3 nitrogen and oxygen atoms in total. The van der Waals surface area contributed by atoms with Crippen LogP contribution in [0.1, 0.15) is 12.0 Å². The first kappa shape index (κ1) is 13.7. The maximum absolute atomic E-state index is 12.5. The van der Waals surface area contributed by atoms with Gasteiger partial charge in [0.2, 0.25) is 0 Å². The molecule has 4 N–H and O–H groups in total. The fourth-order valence-corrected chi connectivity index (χ4v) is 1.17. The quantitative estimate of drug-likeness (QED) is 0.419. The van der Waals surface area contributed by atoms with Gasteiger partial charge in [0.25, 0.3) is 0 Å². The number of nitrogens with two attached hydrogens (primary N) is 1. The third-order valence-electron chi connectivity index (χ3n) is 1.87. The summed E-state index contributed by atoms with van der Waals surface area (Å²) in [7, 11) is 0. The molecule has 0 heterocycles. The monoisotopic (exact) mass is 231 g/mol. The Morgan fingerprint density at radius 3 is 2.47 bits per heavy atom. The van der Waals surface area contributed by atoms with Gasteiger partial charge in [-0.1, -0.05) is 12.1 Å². The summed E-state index contributed by atoms with van der Waals surface area (Å²) in [6.07, 6.45) is 1.74. The van der Waals surface area contributed by atoms with E-state index in [1.54, 1.807) is 12.1 Å². The predicted octanol–water partition coefficient (Wildman–Crippen LogP) is 1.66. The van der Waals surface area contributed by atoms with Crippen molar-refractivity contribution < 1.29 is 4.39 Å². The number of hydrogen-bond donors (Lipinski definition) is 3. The van der Waals surface area contributed by atoms with Crippen LogP contribution in [0.15, 0.2) is 24.3 Å². The van der Waals surface area contributed by atoms with Gasteiger partial charge in [-0.25, -0.2) is 4.39 Å². The Hall–Kier alpha value is -1.29. The summed E-state index contributed by atoms with van der Waals surface area (Å²) < 4.78 is 12.5. The molecule has 0 spiro atoms. The van der Waals surface area contributed by atoms with E-state index in [1.165, 1.54) is 12.1 Å². The maximum atomic E-state index is 12.5. The summed E-state index contributed by atoms with van der Waals surface area (Å²) in [6, 6.07) is 6.44. The van der Waals surface area contributed by atoms with Crippen LogP contribution in [0, 0.1) is 11.2 Å².